The van der Waals surface area contributed by atoms with Crippen molar-refractivity contribution < 1.29 is 13.2 Å². The van der Waals surface area contributed by atoms with Crippen molar-refractivity contribution in [2.45, 2.75) is 4.90 Å². The first-order valence-corrected chi connectivity index (χ1v) is 10.9. The Morgan fingerprint density at radius 3 is 2.43 bits per heavy atom. The van der Waals surface area contributed by atoms with Gasteiger partial charge in [-0.1, -0.05) is 35.9 Å². The van der Waals surface area contributed by atoms with Gasteiger partial charge in [-0.25, -0.2) is 13.4 Å². The molecule has 0 spiro atoms. The second-order valence-electron chi connectivity index (χ2n) is 5.67. The van der Waals surface area contributed by atoms with E-state index >= 15 is 0 Å². The molecule has 28 heavy (non-hydrogen) atoms. The summed E-state index contributed by atoms with van der Waals surface area (Å²) >= 11 is 7.08. The van der Waals surface area contributed by atoms with Gasteiger partial charge in [0.1, 0.15) is 0 Å². The number of nitrogens with zero attached hydrogens (tertiary/aromatic N) is 1. The maximum absolute atomic E-state index is 12.6. The molecule has 0 radical (unpaired) electrons. The Kier molecular flexibility index (Phi) is 6.13. The summed E-state index contributed by atoms with van der Waals surface area (Å²) in [6, 6.07) is 13.3. The molecule has 2 N–H and O–H groups in total. The molecule has 9 heteroatoms. The third kappa shape index (κ3) is 4.98. The predicted octanol–water partition coefficient (Wildman–Crippen LogP) is 4.02. The number of aromatic nitrogens is 1. The smallest absolute Gasteiger partial charge is 0.263 e. The lowest BCUT2D eigenvalue weighted by atomic mass is 10.2. The molecule has 0 aliphatic rings. The van der Waals surface area contributed by atoms with Gasteiger partial charge in [0.05, 0.1) is 10.6 Å². The molecule has 0 bridgehead atoms. The highest BCUT2D eigenvalue weighted by atomic mass is 35.5. The van der Waals surface area contributed by atoms with E-state index in [0.29, 0.717) is 16.3 Å². The molecule has 3 aromatic rings. The fraction of sp³-hybridized carbons (Fsp3) is 0.0526. The Hall–Kier alpha value is -2.68. The summed E-state index contributed by atoms with van der Waals surface area (Å²) in [5.74, 6) is -0.237. The van der Waals surface area contributed by atoms with Crippen LogP contribution in [-0.2, 0) is 14.8 Å². The molecule has 0 saturated carbocycles. The van der Waals surface area contributed by atoms with Crippen LogP contribution < -0.4 is 10.0 Å². The molecule has 1 amide bonds. The van der Waals surface area contributed by atoms with Crippen LogP contribution in [0.3, 0.4) is 0 Å². The third-order valence-electron chi connectivity index (χ3n) is 3.73. The lowest BCUT2D eigenvalue weighted by molar-refractivity contribution is -0.115. The lowest BCUT2D eigenvalue weighted by Crippen LogP contribution is -2.14. The van der Waals surface area contributed by atoms with Crippen LogP contribution in [0.2, 0.25) is 5.02 Å². The van der Waals surface area contributed by atoms with E-state index in [0.717, 1.165) is 5.56 Å². The Bertz CT molecular complexity index is 1110. The van der Waals surface area contributed by atoms with Gasteiger partial charge in [-0.3, -0.25) is 9.52 Å². The molecule has 1 heterocycles. The van der Waals surface area contributed by atoms with Crippen LogP contribution in [0.1, 0.15) is 5.56 Å². The second-order valence-corrected chi connectivity index (χ2v) is 8.64. The summed E-state index contributed by atoms with van der Waals surface area (Å²) in [7, 11) is -2.24. The Morgan fingerprint density at radius 2 is 1.79 bits per heavy atom. The second kappa shape index (κ2) is 8.55. The first-order valence-electron chi connectivity index (χ1n) is 8.11. The number of rotatable bonds is 6. The van der Waals surface area contributed by atoms with E-state index in [1.807, 2.05) is 12.1 Å². The Morgan fingerprint density at radius 1 is 1.11 bits per heavy atom. The number of likely N-dealkylation sites (N-methyl/N-ethyl adjacent to an activating group) is 1. The topological polar surface area (TPSA) is 88.2 Å². The number of amides is 1. The summed E-state index contributed by atoms with van der Waals surface area (Å²) in [6.07, 6.45) is 2.97. The number of hydrogen-bond donors (Lipinski definition) is 2. The standard InChI is InChI=1S/C19H16ClN3O3S2/c1-21-18(24)11-4-13-2-9-16(10-3-13)28(25,26)23-19-22-17(12-27-19)14-5-7-15(20)8-6-14/h2-12H,1H3,(H,21,24)(H,22,23)/b11-4+. The molecule has 144 valence electrons. The summed E-state index contributed by atoms with van der Waals surface area (Å²) < 4.78 is 27.6. The van der Waals surface area contributed by atoms with Gasteiger partial charge in [-0.15, -0.1) is 11.3 Å². The highest BCUT2D eigenvalue weighted by molar-refractivity contribution is 7.93. The van der Waals surface area contributed by atoms with Crippen molar-refractivity contribution in [2.75, 3.05) is 11.8 Å². The van der Waals surface area contributed by atoms with E-state index in [4.69, 9.17) is 11.6 Å². The van der Waals surface area contributed by atoms with Crippen LogP contribution in [0.15, 0.2) is 64.9 Å². The molecular formula is C19H16ClN3O3S2. The Balaban J connectivity index is 1.74. The van der Waals surface area contributed by atoms with Crippen LogP contribution in [-0.4, -0.2) is 26.4 Å². The number of halogens is 1. The highest BCUT2D eigenvalue weighted by Crippen LogP contribution is 2.27. The van der Waals surface area contributed by atoms with E-state index in [9.17, 15) is 13.2 Å². The van der Waals surface area contributed by atoms with Crippen LogP contribution in [0.5, 0.6) is 0 Å². The molecule has 2 aromatic carbocycles. The van der Waals surface area contributed by atoms with Gasteiger partial charge in [0.25, 0.3) is 10.0 Å². The number of nitrogens with one attached hydrogen (secondary N) is 2. The van der Waals surface area contributed by atoms with Crippen LogP contribution in [0, 0.1) is 0 Å². The van der Waals surface area contributed by atoms with E-state index in [1.54, 1.807) is 35.7 Å². The van der Waals surface area contributed by atoms with E-state index in [1.165, 1.54) is 36.6 Å². The fourth-order valence-electron chi connectivity index (χ4n) is 2.26. The molecule has 0 aliphatic heterocycles. The maximum Gasteiger partial charge on any atom is 0.263 e. The number of carbonyl (C=O) groups is 1. The molecule has 0 aliphatic carbocycles. The highest BCUT2D eigenvalue weighted by Gasteiger charge is 2.16. The molecule has 6 nitrogen and oxygen atoms in total. The monoisotopic (exact) mass is 433 g/mol. The van der Waals surface area contributed by atoms with Crippen molar-refractivity contribution in [1.82, 2.24) is 10.3 Å². The normalized spacial score (nSPS) is 11.5. The van der Waals surface area contributed by atoms with Crippen LogP contribution >= 0.6 is 22.9 Å². The van der Waals surface area contributed by atoms with Gasteiger partial charge in [0.15, 0.2) is 5.13 Å². The maximum atomic E-state index is 12.6. The summed E-state index contributed by atoms with van der Waals surface area (Å²) in [5.41, 5.74) is 2.22. The third-order valence-corrected chi connectivity index (χ3v) is 6.22. The molecular weight excluding hydrogens is 418 g/mol. The van der Waals surface area contributed by atoms with Gasteiger partial charge in [-0.2, -0.15) is 0 Å². The number of sulfonamides is 1. The summed E-state index contributed by atoms with van der Waals surface area (Å²) in [4.78, 5) is 15.7. The van der Waals surface area contributed by atoms with Crippen LogP contribution in [0.4, 0.5) is 5.13 Å². The molecule has 0 saturated heterocycles. The zero-order chi connectivity index (χ0) is 20.1. The van der Waals surface area contributed by atoms with Gasteiger partial charge in [0.2, 0.25) is 5.91 Å². The first kappa shape index (κ1) is 20.1. The van der Waals surface area contributed by atoms with Crippen molar-refractivity contribution in [1.29, 1.82) is 0 Å². The SMILES string of the molecule is CNC(=O)/C=C/c1ccc(S(=O)(=O)Nc2nc(-c3ccc(Cl)cc3)cs2)cc1. The first-order chi connectivity index (χ1) is 13.4. The summed E-state index contributed by atoms with van der Waals surface area (Å²) in [6.45, 7) is 0. The number of anilines is 1. The molecule has 3 rings (SSSR count). The van der Waals surface area contributed by atoms with Gasteiger partial charge in [-0.05, 0) is 35.9 Å². The number of benzene rings is 2. The van der Waals surface area contributed by atoms with Gasteiger partial charge >= 0.3 is 0 Å². The van der Waals surface area contributed by atoms with Crippen molar-refractivity contribution in [2.24, 2.45) is 0 Å². The molecule has 0 fully saturated rings. The number of thiazole rings is 1. The minimum Gasteiger partial charge on any atom is -0.356 e. The zero-order valence-corrected chi connectivity index (χ0v) is 17.1. The predicted molar refractivity (Wildman–Crippen MR) is 113 cm³/mol. The van der Waals surface area contributed by atoms with Gasteiger partial charge < -0.3 is 5.32 Å². The largest absolute Gasteiger partial charge is 0.356 e. The van der Waals surface area contributed by atoms with Gasteiger partial charge in [0, 0.05) is 29.1 Å². The van der Waals surface area contributed by atoms with E-state index in [-0.39, 0.29) is 15.9 Å². The zero-order valence-electron chi connectivity index (χ0n) is 14.7. The number of hydrogen-bond acceptors (Lipinski definition) is 5. The number of carbonyl (C=O) groups excluding carboxylic acids is 1. The van der Waals surface area contributed by atoms with Crippen molar-refractivity contribution >= 4 is 50.1 Å². The quantitative estimate of drug-likeness (QED) is 0.574. The molecule has 0 atom stereocenters. The van der Waals surface area contributed by atoms with E-state index in [2.05, 4.69) is 15.0 Å². The van der Waals surface area contributed by atoms with Crippen molar-refractivity contribution in [3.63, 3.8) is 0 Å². The minimum atomic E-state index is -3.77. The molecule has 0 unspecified atom stereocenters. The van der Waals surface area contributed by atoms with Crippen molar-refractivity contribution in [3.05, 3.63) is 70.6 Å². The lowest BCUT2D eigenvalue weighted by Gasteiger charge is -2.05. The molecule has 1 aromatic heterocycles. The van der Waals surface area contributed by atoms with Crippen LogP contribution in [0.25, 0.3) is 17.3 Å². The minimum absolute atomic E-state index is 0.104. The fourth-order valence-corrected chi connectivity index (χ4v) is 4.36. The van der Waals surface area contributed by atoms with Crippen molar-refractivity contribution in [3.8, 4) is 11.3 Å². The Labute approximate surface area is 172 Å². The average molecular weight is 434 g/mol. The summed E-state index contributed by atoms with van der Waals surface area (Å²) in [5, 5.41) is 5.13. The average Bonchev–Trinajstić information content (AvgIpc) is 3.14. The van der Waals surface area contributed by atoms with E-state index < -0.39 is 10.0 Å².